The highest BCUT2D eigenvalue weighted by molar-refractivity contribution is 5.74. The molecular weight excluding hydrogens is 268 g/mol. The zero-order chi connectivity index (χ0) is 14.9. The number of pyridine rings is 1. The van der Waals surface area contributed by atoms with E-state index in [-0.39, 0.29) is 6.03 Å². The third-order valence-corrected chi connectivity index (χ3v) is 3.49. The lowest BCUT2D eigenvalue weighted by atomic mass is 10.3. The number of anilines is 1. The summed E-state index contributed by atoms with van der Waals surface area (Å²) in [6.45, 7) is 7.17. The van der Waals surface area contributed by atoms with Gasteiger partial charge < -0.3 is 19.9 Å². The Balaban J connectivity index is 1.67. The summed E-state index contributed by atoms with van der Waals surface area (Å²) in [6, 6.07) is 5.92. The van der Waals surface area contributed by atoms with Gasteiger partial charge in [-0.25, -0.2) is 9.78 Å². The van der Waals surface area contributed by atoms with E-state index >= 15 is 0 Å². The van der Waals surface area contributed by atoms with E-state index in [0.717, 1.165) is 45.0 Å². The highest BCUT2D eigenvalue weighted by atomic mass is 16.5. The minimum atomic E-state index is 0.0205. The van der Waals surface area contributed by atoms with Gasteiger partial charge in [-0.15, -0.1) is 0 Å². The van der Waals surface area contributed by atoms with Crippen LogP contribution in [0.3, 0.4) is 0 Å². The fourth-order valence-electron chi connectivity index (χ4n) is 2.31. The summed E-state index contributed by atoms with van der Waals surface area (Å²) in [7, 11) is 0. The standard InChI is InChI=1S/C15H24N4O2/c1-2-21-13-5-8-17-15(20)19-11-9-18(10-12-19)14-6-3-4-7-16-14/h3-4,6-7H,2,5,8-13H2,1H3,(H,17,20). The van der Waals surface area contributed by atoms with Crippen LogP contribution in [0, 0.1) is 0 Å². The zero-order valence-corrected chi connectivity index (χ0v) is 12.6. The van der Waals surface area contributed by atoms with Crippen LogP contribution < -0.4 is 10.2 Å². The van der Waals surface area contributed by atoms with Gasteiger partial charge in [0.05, 0.1) is 0 Å². The molecule has 116 valence electrons. The molecule has 1 fully saturated rings. The second kappa shape index (κ2) is 8.46. The van der Waals surface area contributed by atoms with Crippen molar-refractivity contribution in [2.24, 2.45) is 0 Å². The minimum absolute atomic E-state index is 0.0205. The van der Waals surface area contributed by atoms with Gasteiger partial charge in [-0.1, -0.05) is 6.07 Å². The smallest absolute Gasteiger partial charge is 0.317 e. The molecule has 21 heavy (non-hydrogen) atoms. The molecule has 0 radical (unpaired) electrons. The number of carbonyl (C=O) groups excluding carboxylic acids is 1. The Morgan fingerprint density at radius 2 is 2.14 bits per heavy atom. The van der Waals surface area contributed by atoms with Gasteiger partial charge >= 0.3 is 6.03 Å². The lowest BCUT2D eigenvalue weighted by Crippen LogP contribution is -2.52. The predicted octanol–water partition coefficient (Wildman–Crippen LogP) is 1.34. The third-order valence-electron chi connectivity index (χ3n) is 3.49. The summed E-state index contributed by atoms with van der Waals surface area (Å²) < 4.78 is 5.25. The highest BCUT2D eigenvalue weighted by Gasteiger charge is 2.21. The van der Waals surface area contributed by atoms with Crippen LogP contribution in [0.15, 0.2) is 24.4 Å². The molecule has 0 spiro atoms. The molecule has 1 aliphatic rings. The summed E-state index contributed by atoms with van der Waals surface area (Å²) in [5, 5.41) is 2.94. The van der Waals surface area contributed by atoms with Crippen LogP contribution in [0.25, 0.3) is 0 Å². The van der Waals surface area contributed by atoms with Gasteiger partial charge in [0.1, 0.15) is 5.82 Å². The van der Waals surface area contributed by atoms with Crippen molar-refractivity contribution >= 4 is 11.8 Å². The zero-order valence-electron chi connectivity index (χ0n) is 12.6. The summed E-state index contributed by atoms with van der Waals surface area (Å²) in [5.74, 6) is 0.981. The van der Waals surface area contributed by atoms with Crippen molar-refractivity contribution in [3.05, 3.63) is 24.4 Å². The van der Waals surface area contributed by atoms with E-state index in [1.54, 1.807) is 6.20 Å². The Labute approximate surface area is 126 Å². The van der Waals surface area contributed by atoms with E-state index in [1.165, 1.54) is 0 Å². The average molecular weight is 292 g/mol. The number of hydrogen-bond acceptors (Lipinski definition) is 4. The van der Waals surface area contributed by atoms with Crippen LogP contribution in [-0.2, 0) is 4.74 Å². The maximum atomic E-state index is 12.0. The molecule has 0 aliphatic carbocycles. The molecular formula is C15H24N4O2. The number of urea groups is 1. The molecule has 1 saturated heterocycles. The van der Waals surface area contributed by atoms with Crippen molar-refractivity contribution in [3.8, 4) is 0 Å². The second-order valence-electron chi connectivity index (χ2n) is 4.94. The van der Waals surface area contributed by atoms with E-state index in [4.69, 9.17) is 4.74 Å². The van der Waals surface area contributed by atoms with Gasteiger partial charge in [0.2, 0.25) is 0 Å². The summed E-state index contributed by atoms with van der Waals surface area (Å²) in [5.41, 5.74) is 0. The predicted molar refractivity (Wildman–Crippen MR) is 82.5 cm³/mol. The third kappa shape index (κ3) is 4.90. The lowest BCUT2D eigenvalue weighted by Gasteiger charge is -2.35. The molecule has 2 heterocycles. The lowest BCUT2D eigenvalue weighted by molar-refractivity contribution is 0.143. The molecule has 0 atom stereocenters. The molecule has 6 nitrogen and oxygen atoms in total. The fourth-order valence-corrected chi connectivity index (χ4v) is 2.31. The van der Waals surface area contributed by atoms with Gasteiger partial charge in [0.15, 0.2) is 0 Å². The van der Waals surface area contributed by atoms with Gasteiger partial charge in [-0.05, 0) is 25.5 Å². The van der Waals surface area contributed by atoms with Crippen LogP contribution in [0.5, 0.6) is 0 Å². The fraction of sp³-hybridized carbons (Fsp3) is 0.600. The molecule has 0 saturated carbocycles. The largest absolute Gasteiger partial charge is 0.382 e. The molecule has 0 bridgehead atoms. The van der Waals surface area contributed by atoms with E-state index in [9.17, 15) is 4.79 Å². The van der Waals surface area contributed by atoms with Gasteiger partial charge in [0, 0.05) is 52.1 Å². The van der Waals surface area contributed by atoms with Gasteiger partial charge in [0.25, 0.3) is 0 Å². The Bertz CT molecular complexity index is 419. The van der Waals surface area contributed by atoms with Crippen LogP contribution in [0.2, 0.25) is 0 Å². The Kier molecular flexibility index (Phi) is 6.27. The maximum Gasteiger partial charge on any atom is 0.317 e. The minimum Gasteiger partial charge on any atom is -0.382 e. The number of nitrogens with one attached hydrogen (secondary N) is 1. The molecule has 1 N–H and O–H groups in total. The molecule has 1 aromatic rings. The molecule has 0 unspecified atom stereocenters. The summed E-state index contributed by atoms with van der Waals surface area (Å²) in [6.07, 6.45) is 2.65. The quantitative estimate of drug-likeness (QED) is 0.804. The van der Waals surface area contributed by atoms with Crippen LogP contribution in [-0.4, -0.2) is 61.9 Å². The first kappa shape index (κ1) is 15.6. The highest BCUT2D eigenvalue weighted by Crippen LogP contribution is 2.12. The Morgan fingerprint density at radius 1 is 1.33 bits per heavy atom. The van der Waals surface area contributed by atoms with Crippen molar-refractivity contribution in [1.82, 2.24) is 15.2 Å². The molecule has 6 heteroatoms. The maximum absolute atomic E-state index is 12.0. The average Bonchev–Trinajstić information content (AvgIpc) is 2.55. The van der Waals surface area contributed by atoms with E-state index in [2.05, 4.69) is 15.2 Å². The first-order valence-electron chi connectivity index (χ1n) is 7.57. The molecule has 1 aromatic heterocycles. The Hall–Kier alpha value is -1.82. The monoisotopic (exact) mass is 292 g/mol. The number of nitrogens with zero attached hydrogens (tertiary/aromatic N) is 3. The van der Waals surface area contributed by atoms with Crippen molar-refractivity contribution in [1.29, 1.82) is 0 Å². The van der Waals surface area contributed by atoms with Crippen LogP contribution in [0.1, 0.15) is 13.3 Å². The molecule has 2 amide bonds. The number of rotatable bonds is 6. The molecule has 2 rings (SSSR count). The number of aromatic nitrogens is 1. The Morgan fingerprint density at radius 3 is 2.81 bits per heavy atom. The summed E-state index contributed by atoms with van der Waals surface area (Å²) >= 11 is 0. The van der Waals surface area contributed by atoms with E-state index in [0.29, 0.717) is 13.2 Å². The van der Waals surface area contributed by atoms with Crippen LogP contribution >= 0.6 is 0 Å². The normalized spacial score (nSPS) is 15.1. The van der Waals surface area contributed by atoms with Gasteiger partial charge in [-0.2, -0.15) is 0 Å². The number of piperazine rings is 1. The topological polar surface area (TPSA) is 57.7 Å². The van der Waals surface area contributed by atoms with Gasteiger partial charge in [-0.3, -0.25) is 0 Å². The summed E-state index contributed by atoms with van der Waals surface area (Å²) in [4.78, 5) is 20.4. The van der Waals surface area contributed by atoms with Crippen molar-refractivity contribution < 1.29 is 9.53 Å². The van der Waals surface area contributed by atoms with E-state index in [1.807, 2.05) is 30.0 Å². The second-order valence-corrected chi connectivity index (χ2v) is 4.94. The number of amides is 2. The van der Waals surface area contributed by atoms with E-state index < -0.39 is 0 Å². The molecule has 0 aromatic carbocycles. The van der Waals surface area contributed by atoms with Crippen LogP contribution in [0.4, 0.5) is 10.6 Å². The number of hydrogen-bond donors (Lipinski definition) is 1. The van der Waals surface area contributed by atoms with Crippen molar-refractivity contribution in [2.45, 2.75) is 13.3 Å². The SMILES string of the molecule is CCOCCCNC(=O)N1CCN(c2ccccn2)CC1. The number of ether oxygens (including phenoxy) is 1. The first-order chi connectivity index (χ1) is 10.3. The first-order valence-corrected chi connectivity index (χ1v) is 7.57. The number of carbonyl (C=O) groups is 1. The van der Waals surface area contributed by atoms with Crippen molar-refractivity contribution in [3.63, 3.8) is 0 Å². The molecule has 1 aliphatic heterocycles. The van der Waals surface area contributed by atoms with Crippen molar-refractivity contribution in [2.75, 3.05) is 50.8 Å².